The van der Waals surface area contributed by atoms with Crippen LogP contribution in [-0.2, 0) is 4.79 Å². The van der Waals surface area contributed by atoms with E-state index in [0.717, 1.165) is 26.1 Å². The number of hydrogen-bond acceptors (Lipinski definition) is 4. The molecule has 0 spiro atoms. The Kier molecular flexibility index (Phi) is 7.34. The number of likely N-dealkylation sites (N-methyl/N-ethyl adjacent to an activating group) is 1. The molecule has 19 heavy (non-hydrogen) atoms. The second kappa shape index (κ2) is 8.51. The predicted molar refractivity (Wildman–Crippen MR) is 79.0 cm³/mol. The Morgan fingerprint density at radius 2 is 2.11 bits per heavy atom. The van der Waals surface area contributed by atoms with Crippen molar-refractivity contribution >= 4 is 5.91 Å². The van der Waals surface area contributed by atoms with Gasteiger partial charge < -0.3 is 16.0 Å². The monoisotopic (exact) mass is 270 g/mol. The molecule has 5 nitrogen and oxygen atoms in total. The smallest absolute Gasteiger partial charge is 0.221 e. The third-order valence-electron chi connectivity index (χ3n) is 4.11. The number of likely N-dealkylation sites (tertiary alicyclic amines) is 1. The Labute approximate surface area is 117 Å². The van der Waals surface area contributed by atoms with Crippen molar-refractivity contribution in [2.75, 3.05) is 40.3 Å². The van der Waals surface area contributed by atoms with Crippen molar-refractivity contribution in [1.82, 2.24) is 15.1 Å². The minimum absolute atomic E-state index is 0.122. The third kappa shape index (κ3) is 5.47. The van der Waals surface area contributed by atoms with Crippen molar-refractivity contribution < 1.29 is 4.79 Å². The van der Waals surface area contributed by atoms with Gasteiger partial charge in [-0.15, -0.1) is 0 Å². The van der Waals surface area contributed by atoms with Gasteiger partial charge in [0.05, 0.1) is 0 Å². The van der Waals surface area contributed by atoms with E-state index in [9.17, 15) is 4.79 Å². The molecule has 1 aliphatic rings. The fourth-order valence-electron chi connectivity index (χ4n) is 2.64. The summed E-state index contributed by atoms with van der Waals surface area (Å²) in [6.07, 6.45) is 3.82. The van der Waals surface area contributed by atoms with Crippen LogP contribution >= 0.6 is 0 Å². The first-order chi connectivity index (χ1) is 9.08. The molecule has 0 aromatic heterocycles. The lowest BCUT2D eigenvalue weighted by Crippen LogP contribution is -2.50. The minimum atomic E-state index is 0.122. The van der Waals surface area contributed by atoms with E-state index in [-0.39, 0.29) is 11.9 Å². The van der Waals surface area contributed by atoms with Crippen LogP contribution in [0.2, 0.25) is 0 Å². The van der Waals surface area contributed by atoms with E-state index < -0.39 is 0 Å². The van der Waals surface area contributed by atoms with E-state index in [1.807, 2.05) is 0 Å². The molecule has 0 saturated carbocycles. The Bertz CT molecular complexity index is 264. The van der Waals surface area contributed by atoms with E-state index in [1.165, 1.54) is 12.8 Å². The topological polar surface area (TPSA) is 61.6 Å². The number of nitrogens with one attached hydrogen (secondary N) is 1. The van der Waals surface area contributed by atoms with Gasteiger partial charge in [-0.25, -0.2) is 0 Å². The van der Waals surface area contributed by atoms with Crippen LogP contribution in [0.25, 0.3) is 0 Å². The largest absolute Gasteiger partial charge is 0.356 e. The Morgan fingerprint density at radius 1 is 1.47 bits per heavy atom. The highest BCUT2D eigenvalue weighted by atomic mass is 16.1. The molecule has 1 atom stereocenters. The molecule has 1 unspecified atom stereocenters. The van der Waals surface area contributed by atoms with E-state index in [4.69, 9.17) is 5.73 Å². The zero-order valence-corrected chi connectivity index (χ0v) is 12.7. The number of amides is 1. The molecule has 0 aromatic carbocycles. The molecule has 1 saturated heterocycles. The quantitative estimate of drug-likeness (QED) is 0.696. The van der Waals surface area contributed by atoms with Crippen LogP contribution in [0.1, 0.15) is 32.6 Å². The molecule has 0 bridgehead atoms. The van der Waals surface area contributed by atoms with E-state index in [1.54, 1.807) is 0 Å². The zero-order valence-electron chi connectivity index (χ0n) is 12.7. The number of piperidine rings is 1. The lowest BCUT2D eigenvalue weighted by molar-refractivity contribution is -0.122. The van der Waals surface area contributed by atoms with Crippen molar-refractivity contribution in [3.63, 3.8) is 0 Å². The Balaban J connectivity index is 2.42. The van der Waals surface area contributed by atoms with Gasteiger partial charge in [0.15, 0.2) is 0 Å². The molecule has 1 aliphatic heterocycles. The van der Waals surface area contributed by atoms with E-state index >= 15 is 0 Å². The number of rotatable bonds is 7. The number of carbonyl (C=O) groups excluding carboxylic acids is 1. The van der Waals surface area contributed by atoms with E-state index in [0.29, 0.717) is 19.0 Å². The summed E-state index contributed by atoms with van der Waals surface area (Å²) in [6.45, 7) is 5.63. The predicted octanol–water partition coefficient (Wildman–Crippen LogP) is 0.256. The summed E-state index contributed by atoms with van der Waals surface area (Å²) >= 11 is 0. The van der Waals surface area contributed by atoms with Gasteiger partial charge in [-0.2, -0.15) is 0 Å². The lowest BCUT2D eigenvalue weighted by atomic mass is 10.0. The molecule has 1 fully saturated rings. The van der Waals surface area contributed by atoms with Crippen LogP contribution in [0.15, 0.2) is 0 Å². The van der Waals surface area contributed by atoms with Gasteiger partial charge >= 0.3 is 0 Å². The number of carbonyl (C=O) groups is 1. The summed E-state index contributed by atoms with van der Waals surface area (Å²) in [5.74, 6) is 0.122. The molecule has 5 heteroatoms. The van der Waals surface area contributed by atoms with Gasteiger partial charge in [0.2, 0.25) is 5.91 Å². The zero-order chi connectivity index (χ0) is 14.3. The summed E-state index contributed by atoms with van der Waals surface area (Å²) in [7, 11) is 4.27. The van der Waals surface area contributed by atoms with E-state index in [2.05, 4.69) is 36.1 Å². The fraction of sp³-hybridized carbons (Fsp3) is 0.929. The Morgan fingerprint density at radius 3 is 2.63 bits per heavy atom. The van der Waals surface area contributed by atoms with Gasteiger partial charge in [0.1, 0.15) is 0 Å². The van der Waals surface area contributed by atoms with Crippen molar-refractivity contribution in [2.24, 2.45) is 5.73 Å². The lowest BCUT2D eigenvalue weighted by Gasteiger charge is -2.39. The first-order valence-electron chi connectivity index (χ1n) is 7.45. The van der Waals surface area contributed by atoms with Crippen molar-refractivity contribution in [3.8, 4) is 0 Å². The van der Waals surface area contributed by atoms with Gasteiger partial charge in [-0.3, -0.25) is 9.69 Å². The average Bonchev–Trinajstić information content (AvgIpc) is 2.42. The second-order valence-electron chi connectivity index (χ2n) is 5.64. The SMILES string of the molecule is CCCNC(=O)CC(CN)N(C)C1CCN(C)CC1. The van der Waals surface area contributed by atoms with Gasteiger partial charge in [0.25, 0.3) is 0 Å². The molecule has 0 radical (unpaired) electrons. The van der Waals surface area contributed by atoms with Gasteiger partial charge in [0, 0.05) is 31.6 Å². The maximum Gasteiger partial charge on any atom is 0.221 e. The molecule has 1 rings (SSSR count). The molecule has 3 N–H and O–H groups in total. The highest BCUT2D eigenvalue weighted by Gasteiger charge is 2.26. The summed E-state index contributed by atoms with van der Waals surface area (Å²) in [6, 6.07) is 0.717. The molecule has 1 heterocycles. The minimum Gasteiger partial charge on any atom is -0.356 e. The normalized spacial score (nSPS) is 19.6. The summed E-state index contributed by atoms with van der Waals surface area (Å²) in [5, 5.41) is 2.93. The molecule has 112 valence electrons. The van der Waals surface area contributed by atoms with Crippen LogP contribution in [0.4, 0.5) is 0 Å². The molecular weight excluding hydrogens is 240 g/mol. The number of hydrogen-bond donors (Lipinski definition) is 2. The first-order valence-corrected chi connectivity index (χ1v) is 7.45. The third-order valence-corrected chi connectivity index (χ3v) is 4.11. The summed E-state index contributed by atoms with van der Waals surface area (Å²) in [5.41, 5.74) is 5.85. The maximum atomic E-state index is 11.8. The number of nitrogens with zero attached hydrogens (tertiary/aromatic N) is 2. The first kappa shape index (κ1) is 16.4. The van der Waals surface area contributed by atoms with Crippen LogP contribution in [-0.4, -0.2) is 68.1 Å². The molecular formula is C14H30N4O. The second-order valence-corrected chi connectivity index (χ2v) is 5.64. The molecule has 0 aromatic rings. The van der Waals surface area contributed by atoms with Gasteiger partial charge in [-0.05, 0) is 46.4 Å². The summed E-state index contributed by atoms with van der Waals surface area (Å²) < 4.78 is 0. The van der Waals surface area contributed by atoms with Crippen molar-refractivity contribution in [2.45, 2.75) is 44.7 Å². The standard InChI is InChI=1S/C14H30N4O/c1-4-7-16-14(19)10-13(11-15)18(3)12-5-8-17(2)9-6-12/h12-13H,4-11,15H2,1-3H3,(H,16,19). The molecule has 0 aliphatic carbocycles. The van der Waals surface area contributed by atoms with Crippen LogP contribution in [0.5, 0.6) is 0 Å². The van der Waals surface area contributed by atoms with Crippen LogP contribution in [0.3, 0.4) is 0 Å². The maximum absolute atomic E-state index is 11.8. The number of nitrogens with two attached hydrogens (primary N) is 1. The van der Waals surface area contributed by atoms with Crippen molar-refractivity contribution in [3.05, 3.63) is 0 Å². The van der Waals surface area contributed by atoms with Crippen LogP contribution in [0, 0.1) is 0 Å². The highest BCUT2D eigenvalue weighted by Crippen LogP contribution is 2.17. The van der Waals surface area contributed by atoms with Crippen LogP contribution < -0.4 is 11.1 Å². The summed E-state index contributed by atoms with van der Waals surface area (Å²) in [4.78, 5) is 16.5. The molecule has 1 amide bonds. The average molecular weight is 270 g/mol. The Hall–Kier alpha value is -0.650. The fourth-order valence-corrected chi connectivity index (χ4v) is 2.64. The highest BCUT2D eigenvalue weighted by molar-refractivity contribution is 5.76. The van der Waals surface area contributed by atoms with Crippen molar-refractivity contribution in [1.29, 1.82) is 0 Å². The van der Waals surface area contributed by atoms with Gasteiger partial charge in [-0.1, -0.05) is 6.92 Å².